The number of benzene rings is 1. The van der Waals surface area contributed by atoms with Crippen LogP contribution in [0.1, 0.15) is 18.5 Å². The second kappa shape index (κ2) is 7.25. The predicted molar refractivity (Wildman–Crippen MR) is 78.9 cm³/mol. The van der Waals surface area contributed by atoms with Gasteiger partial charge in [-0.05, 0) is 23.0 Å². The molecule has 0 radical (unpaired) electrons. The van der Waals surface area contributed by atoms with E-state index < -0.39 is 0 Å². The van der Waals surface area contributed by atoms with Gasteiger partial charge in [0.25, 0.3) is 0 Å². The van der Waals surface area contributed by atoms with E-state index >= 15 is 0 Å². The molecule has 0 saturated heterocycles. The SMILES string of the molecule is CCNC(CSc1nnnn1C)c1ccccc1OC. The van der Waals surface area contributed by atoms with Crippen LogP contribution in [-0.4, -0.2) is 39.6 Å². The minimum absolute atomic E-state index is 0.192. The fraction of sp³-hybridized carbons (Fsp3) is 0.462. The number of nitrogens with one attached hydrogen (secondary N) is 1. The molecule has 0 aliphatic heterocycles. The van der Waals surface area contributed by atoms with Gasteiger partial charge in [-0.15, -0.1) is 5.10 Å². The number of aryl methyl sites for hydroxylation is 1. The number of ether oxygens (including phenoxy) is 1. The number of thioether (sulfide) groups is 1. The zero-order valence-corrected chi connectivity index (χ0v) is 12.7. The van der Waals surface area contributed by atoms with Crippen molar-refractivity contribution in [2.24, 2.45) is 7.05 Å². The van der Waals surface area contributed by atoms with E-state index in [9.17, 15) is 0 Å². The lowest BCUT2D eigenvalue weighted by Gasteiger charge is -2.20. The van der Waals surface area contributed by atoms with Crippen LogP contribution in [0.4, 0.5) is 0 Å². The summed E-state index contributed by atoms with van der Waals surface area (Å²) >= 11 is 1.62. The number of para-hydroxylation sites is 1. The summed E-state index contributed by atoms with van der Waals surface area (Å²) in [6, 6.07) is 8.26. The van der Waals surface area contributed by atoms with Crippen molar-refractivity contribution in [2.45, 2.75) is 18.1 Å². The zero-order chi connectivity index (χ0) is 14.4. The largest absolute Gasteiger partial charge is 0.496 e. The molecule has 1 atom stereocenters. The van der Waals surface area contributed by atoms with E-state index in [1.807, 2.05) is 25.2 Å². The van der Waals surface area contributed by atoms with Crippen LogP contribution in [-0.2, 0) is 7.05 Å². The van der Waals surface area contributed by atoms with Gasteiger partial charge in [-0.25, -0.2) is 4.68 Å². The molecule has 0 spiro atoms. The van der Waals surface area contributed by atoms with Gasteiger partial charge < -0.3 is 10.1 Å². The summed E-state index contributed by atoms with van der Waals surface area (Å²) < 4.78 is 7.12. The van der Waals surface area contributed by atoms with Crippen LogP contribution in [0.3, 0.4) is 0 Å². The van der Waals surface area contributed by atoms with Gasteiger partial charge in [-0.2, -0.15) is 0 Å². The van der Waals surface area contributed by atoms with E-state index in [0.717, 1.165) is 28.8 Å². The highest BCUT2D eigenvalue weighted by Crippen LogP contribution is 2.29. The Morgan fingerprint density at radius 1 is 1.40 bits per heavy atom. The summed E-state index contributed by atoms with van der Waals surface area (Å²) in [4.78, 5) is 0. The van der Waals surface area contributed by atoms with Crippen LogP contribution >= 0.6 is 11.8 Å². The molecular formula is C13H19N5OS. The Balaban J connectivity index is 2.12. The van der Waals surface area contributed by atoms with E-state index in [0.29, 0.717) is 0 Å². The molecule has 0 aliphatic carbocycles. The molecule has 0 amide bonds. The van der Waals surface area contributed by atoms with Gasteiger partial charge in [0.1, 0.15) is 5.75 Å². The number of methoxy groups -OCH3 is 1. The first-order valence-corrected chi connectivity index (χ1v) is 7.46. The Kier molecular flexibility index (Phi) is 5.37. The minimum Gasteiger partial charge on any atom is -0.496 e. The first-order chi connectivity index (χ1) is 9.76. The topological polar surface area (TPSA) is 64.9 Å². The maximum absolute atomic E-state index is 5.44. The molecule has 1 aromatic carbocycles. The normalized spacial score (nSPS) is 12.3. The molecule has 2 aromatic rings. The lowest BCUT2D eigenvalue weighted by atomic mass is 10.1. The molecule has 0 fully saturated rings. The third-order valence-corrected chi connectivity index (χ3v) is 4.03. The van der Waals surface area contributed by atoms with Crippen LogP contribution in [0.2, 0.25) is 0 Å². The first-order valence-electron chi connectivity index (χ1n) is 6.47. The number of rotatable bonds is 7. The number of tetrazole rings is 1. The second-order valence-electron chi connectivity index (χ2n) is 4.25. The molecule has 2 rings (SSSR count). The summed E-state index contributed by atoms with van der Waals surface area (Å²) in [5.41, 5.74) is 1.15. The van der Waals surface area contributed by atoms with E-state index in [-0.39, 0.29) is 6.04 Å². The van der Waals surface area contributed by atoms with Gasteiger partial charge in [-0.3, -0.25) is 0 Å². The Morgan fingerprint density at radius 2 is 2.20 bits per heavy atom. The highest BCUT2D eigenvalue weighted by atomic mass is 32.2. The predicted octanol–water partition coefficient (Wildman–Crippen LogP) is 1.66. The van der Waals surface area contributed by atoms with Crippen LogP contribution in [0.25, 0.3) is 0 Å². The van der Waals surface area contributed by atoms with Gasteiger partial charge >= 0.3 is 0 Å². The molecule has 7 heteroatoms. The molecule has 1 aromatic heterocycles. The standard InChI is InChI=1S/C13H19N5OS/c1-4-14-11(9-20-13-15-16-17-18(13)2)10-7-5-6-8-12(10)19-3/h5-8,11,14H,4,9H2,1-3H3. The molecule has 1 heterocycles. The number of nitrogens with zero attached hydrogens (tertiary/aromatic N) is 4. The quantitative estimate of drug-likeness (QED) is 0.783. The van der Waals surface area contributed by atoms with Crippen LogP contribution in [0.15, 0.2) is 29.4 Å². The van der Waals surface area contributed by atoms with Gasteiger partial charge in [0, 0.05) is 24.4 Å². The first kappa shape index (κ1) is 14.8. The lowest BCUT2D eigenvalue weighted by Crippen LogP contribution is -2.23. The maximum atomic E-state index is 5.44. The molecule has 1 N–H and O–H groups in total. The van der Waals surface area contributed by atoms with Crippen molar-refractivity contribution < 1.29 is 4.74 Å². The third kappa shape index (κ3) is 3.49. The van der Waals surface area contributed by atoms with Crippen LogP contribution < -0.4 is 10.1 Å². The Labute approximate surface area is 122 Å². The van der Waals surface area contributed by atoms with Crippen molar-refractivity contribution in [1.29, 1.82) is 0 Å². The maximum Gasteiger partial charge on any atom is 0.209 e. The van der Waals surface area contributed by atoms with E-state index in [4.69, 9.17) is 4.74 Å². The van der Waals surface area contributed by atoms with E-state index in [1.54, 1.807) is 23.6 Å². The summed E-state index contributed by atoms with van der Waals surface area (Å²) in [5, 5.41) is 15.8. The fourth-order valence-corrected chi connectivity index (χ4v) is 2.89. The average Bonchev–Trinajstić information content (AvgIpc) is 2.89. The lowest BCUT2D eigenvalue weighted by molar-refractivity contribution is 0.403. The van der Waals surface area contributed by atoms with Crippen molar-refractivity contribution in [3.63, 3.8) is 0 Å². The second-order valence-corrected chi connectivity index (χ2v) is 5.24. The van der Waals surface area contributed by atoms with Crippen molar-refractivity contribution in [3.8, 4) is 5.75 Å². The molecule has 0 bridgehead atoms. The third-order valence-electron chi connectivity index (χ3n) is 2.93. The van der Waals surface area contributed by atoms with Crippen molar-refractivity contribution in [3.05, 3.63) is 29.8 Å². The van der Waals surface area contributed by atoms with Crippen molar-refractivity contribution in [2.75, 3.05) is 19.4 Å². The summed E-state index contributed by atoms with van der Waals surface area (Å²) in [7, 11) is 3.54. The van der Waals surface area contributed by atoms with Gasteiger partial charge in [-0.1, -0.05) is 36.9 Å². The molecule has 1 unspecified atom stereocenters. The molecule has 6 nitrogen and oxygen atoms in total. The smallest absolute Gasteiger partial charge is 0.209 e. The number of hydrogen-bond donors (Lipinski definition) is 1. The molecular weight excluding hydrogens is 274 g/mol. The summed E-state index contributed by atoms with van der Waals surface area (Å²) in [6.07, 6.45) is 0. The van der Waals surface area contributed by atoms with E-state index in [1.165, 1.54) is 0 Å². The molecule has 20 heavy (non-hydrogen) atoms. The minimum atomic E-state index is 0.192. The average molecular weight is 293 g/mol. The van der Waals surface area contributed by atoms with Crippen LogP contribution in [0, 0.1) is 0 Å². The Hall–Kier alpha value is -1.60. The van der Waals surface area contributed by atoms with Crippen LogP contribution in [0.5, 0.6) is 5.75 Å². The Bertz CT molecular complexity index is 545. The fourth-order valence-electron chi connectivity index (χ4n) is 1.96. The Morgan fingerprint density at radius 3 is 2.85 bits per heavy atom. The zero-order valence-electron chi connectivity index (χ0n) is 11.9. The summed E-state index contributed by atoms with van der Waals surface area (Å²) in [6.45, 7) is 2.98. The van der Waals surface area contributed by atoms with Crippen molar-refractivity contribution in [1.82, 2.24) is 25.5 Å². The van der Waals surface area contributed by atoms with Crippen molar-refractivity contribution >= 4 is 11.8 Å². The van der Waals surface area contributed by atoms with Gasteiger partial charge in [0.05, 0.1) is 7.11 Å². The van der Waals surface area contributed by atoms with E-state index in [2.05, 4.69) is 33.8 Å². The van der Waals surface area contributed by atoms with Gasteiger partial charge in [0.2, 0.25) is 5.16 Å². The molecule has 108 valence electrons. The van der Waals surface area contributed by atoms with Gasteiger partial charge in [0.15, 0.2) is 0 Å². The number of aromatic nitrogens is 4. The monoisotopic (exact) mass is 293 g/mol. The summed E-state index contributed by atoms with van der Waals surface area (Å²) in [5.74, 6) is 1.73. The highest BCUT2D eigenvalue weighted by Gasteiger charge is 2.16. The molecule has 0 aliphatic rings. The molecule has 0 saturated carbocycles. The highest BCUT2D eigenvalue weighted by molar-refractivity contribution is 7.99. The number of hydrogen-bond acceptors (Lipinski definition) is 6.